The molecule has 37 heavy (non-hydrogen) atoms. The fourth-order valence-corrected chi connectivity index (χ4v) is 8.38. The molecule has 0 radical (unpaired) electrons. The SMILES string of the molecule is O=C(CC(CP1Oc2ccc(Br)cc2-c2cc(Br)ccc21)C(=O)OC1CCCCC1)OC1CCCCC1. The molecule has 198 valence electrons. The van der Waals surface area contributed by atoms with Gasteiger partial charge in [0, 0.05) is 26.0 Å². The quantitative estimate of drug-likeness (QED) is 0.224. The van der Waals surface area contributed by atoms with Crippen LogP contribution >= 0.6 is 40.0 Å². The van der Waals surface area contributed by atoms with Crippen molar-refractivity contribution in [3.63, 3.8) is 0 Å². The van der Waals surface area contributed by atoms with Gasteiger partial charge in [-0.3, -0.25) is 9.59 Å². The minimum absolute atomic E-state index is 0.0311. The van der Waals surface area contributed by atoms with Gasteiger partial charge in [-0.1, -0.05) is 44.7 Å². The number of fused-ring (bicyclic) bond motifs is 3. The third kappa shape index (κ3) is 6.96. The Hall–Kier alpha value is -1.43. The number of rotatable bonds is 7. The van der Waals surface area contributed by atoms with Gasteiger partial charge in [0.15, 0.2) is 0 Å². The lowest BCUT2D eigenvalue weighted by molar-refractivity contribution is -0.161. The van der Waals surface area contributed by atoms with E-state index in [1.807, 2.05) is 18.2 Å². The molecule has 0 bridgehead atoms. The Balaban J connectivity index is 1.37. The number of hydrogen-bond acceptors (Lipinski definition) is 5. The van der Waals surface area contributed by atoms with E-state index >= 15 is 0 Å². The number of carbonyl (C=O) groups excluding carboxylic acids is 2. The van der Waals surface area contributed by atoms with E-state index in [-0.39, 0.29) is 30.6 Å². The Morgan fingerprint density at radius 3 is 2.11 bits per heavy atom. The first-order valence-electron chi connectivity index (χ1n) is 13.4. The summed E-state index contributed by atoms with van der Waals surface area (Å²) in [5.74, 6) is -0.398. The Morgan fingerprint density at radius 2 is 1.43 bits per heavy atom. The van der Waals surface area contributed by atoms with Crippen LogP contribution in [0.15, 0.2) is 45.3 Å². The summed E-state index contributed by atoms with van der Waals surface area (Å²) in [4.78, 5) is 26.5. The van der Waals surface area contributed by atoms with Crippen molar-refractivity contribution in [2.45, 2.75) is 82.8 Å². The first-order valence-corrected chi connectivity index (χ1v) is 16.4. The van der Waals surface area contributed by atoms with Gasteiger partial charge in [0.1, 0.15) is 26.1 Å². The van der Waals surface area contributed by atoms with Crippen molar-refractivity contribution in [1.82, 2.24) is 0 Å². The number of benzene rings is 2. The van der Waals surface area contributed by atoms with Crippen LogP contribution in [0.1, 0.15) is 70.6 Å². The zero-order chi connectivity index (χ0) is 25.8. The zero-order valence-corrected chi connectivity index (χ0v) is 25.0. The van der Waals surface area contributed by atoms with Crippen molar-refractivity contribution < 1.29 is 23.6 Å². The average molecular weight is 652 g/mol. The second-order valence-electron chi connectivity index (χ2n) is 10.3. The number of hydrogen-bond donors (Lipinski definition) is 0. The normalized spacial score (nSPS) is 20.8. The maximum atomic E-state index is 13.5. The van der Waals surface area contributed by atoms with Crippen molar-refractivity contribution in [2.75, 3.05) is 6.16 Å². The average Bonchev–Trinajstić information content (AvgIpc) is 2.89. The number of carbonyl (C=O) groups is 2. The summed E-state index contributed by atoms with van der Waals surface area (Å²) >= 11 is 7.18. The summed E-state index contributed by atoms with van der Waals surface area (Å²) in [6.45, 7) is 0. The molecule has 0 aromatic heterocycles. The standard InChI is InChI=1S/C29H33Br2O5P/c30-20-11-13-26-24(16-20)25-17-21(31)12-14-27(25)37(36-26)18-19(29(33)35-23-9-5-2-6-10-23)15-28(32)34-22-7-3-1-4-8-22/h11-14,16-17,19,22-23H,1-10,15,18H2. The predicted molar refractivity (Wildman–Crippen MR) is 153 cm³/mol. The molecule has 5 rings (SSSR count). The molecular weight excluding hydrogens is 619 g/mol. The highest BCUT2D eigenvalue weighted by Gasteiger charge is 2.35. The van der Waals surface area contributed by atoms with Crippen molar-refractivity contribution in [3.05, 3.63) is 45.3 Å². The third-order valence-electron chi connectivity index (χ3n) is 7.49. The first-order chi connectivity index (χ1) is 18.0. The lowest BCUT2D eigenvalue weighted by atomic mass is 9.97. The molecule has 5 nitrogen and oxygen atoms in total. The van der Waals surface area contributed by atoms with Crippen LogP contribution in [0, 0.1) is 5.92 Å². The largest absolute Gasteiger partial charge is 0.469 e. The van der Waals surface area contributed by atoms with Gasteiger partial charge >= 0.3 is 11.9 Å². The van der Waals surface area contributed by atoms with Crippen molar-refractivity contribution in [1.29, 1.82) is 0 Å². The summed E-state index contributed by atoms with van der Waals surface area (Å²) in [7, 11) is -1.19. The monoisotopic (exact) mass is 650 g/mol. The summed E-state index contributed by atoms with van der Waals surface area (Å²) < 4.78 is 20.3. The second kappa shape index (κ2) is 12.6. The number of ether oxygens (including phenoxy) is 2. The van der Waals surface area contributed by atoms with E-state index in [0.29, 0.717) is 6.16 Å². The molecule has 2 aromatic rings. The van der Waals surface area contributed by atoms with Gasteiger partial charge in [-0.05, 0) is 93.3 Å². The highest BCUT2D eigenvalue weighted by atomic mass is 79.9. The van der Waals surface area contributed by atoms with Crippen LogP contribution in [0.2, 0.25) is 0 Å². The van der Waals surface area contributed by atoms with Gasteiger partial charge in [-0.15, -0.1) is 0 Å². The van der Waals surface area contributed by atoms with E-state index < -0.39 is 14.1 Å². The highest BCUT2D eigenvalue weighted by Crippen LogP contribution is 2.51. The topological polar surface area (TPSA) is 61.8 Å². The van der Waals surface area contributed by atoms with E-state index in [2.05, 4.69) is 50.1 Å². The van der Waals surface area contributed by atoms with Crippen LogP contribution < -0.4 is 9.83 Å². The summed E-state index contributed by atoms with van der Waals surface area (Å²) in [6, 6.07) is 12.2. The Kier molecular flexibility index (Phi) is 9.26. The zero-order valence-electron chi connectivity index (χ0n) is 20.9. The molecule has 2 aliphatic carbocycles. The summed E-state index contributed by atoms with van der Waals surface area (Å²) in [5.41, 5.74) is 2.11. The van der Waals surface area contributed by atoms with Gasteiger partial charge in [0.05, 0.1) is 12.3 Å². The molecule has 1 aliphatic heterocycles. The number of esters is 2. The molecule has 1 heterocycles. The van der Waals surface area contributed by atoms with Crippen LogP contribution in [-0.2, 0) is 19.1 Å². The molecule has 0 saturated heterocycles. The molecule has 2 fully saturated rings. The minimum atomic E-state index is -1.19. The highest BCUT2D eigenvalue weighted by molar-refractivity contribution is 9.10. The van der Waals surface area contributed by atoms with Crippen LogP contribution in [-0.4, -0.2) is 30.3 Å². The Labute approximate surface area is 237 Å². The van der Waals surface area contributed by atoms with Crippen LogP contribution in [0.25, 0.3) is 11.1 Å². The molecule has 0 N–H and O–H groups in total. The van der Waals surface area contributed by atoms with Gasteiger partial charge in [0.2, 0.25) is 0 Å². The maximum Gasteiger partial charge on any atom is 0.310 e. The molecule has 2 aromatic carbocycles. The van der Waals surface area contributed by atoms with Crippen molar-refractivity contribution >= 4 is 57.3 Å². The van der Waals surface area contributed by atoms with Crippen molar-refractivity contribution in [3.8, 4) is 16.9 Å². The Morgan fingerprint density at radius 1 is 0.838 bits per heavy atom. The molecule has 2 atom stereocenters. The van der Waals surface area contributed by atoms with Crippen LogP contribution in [0.4, 0.5) is 0 Å². The molecule has 3 aliphatic rings. The molecule has 0 amide bonds. The van der Waals surface area contributed by atoms with E-state index in [9.17, 15) is 9.59 Å². The van der Waals surface area contributed by atoms with Gasteiger partial charge < -0.3 is 14.0 Å². The molecule has 0 spiro atoms. The van der Waals surface area contributed by atoms with Gasteiger partial charge in [0.25, 0.3) is 0 Å². The fourth-order valence-electron chi connectivity index (χ4n) is 5.52. The van der Waals surface area contributed by atoms with E-state index in [0.717, 1.165) is 82.5 Å². The fraction of sp³-hybridized carbons (Fsp3) is 0.517. The lowest BCUT2D eigenvalue weighted by Crippen LogP contribution is -2.32. The van der Waals surface area contributed by atoms with E-state index in [1.165, 1.54) is 12.8 Å². The summed E-state index contributed by atoms with van der Waals surface area (Å²) in [6.07, 6.45) is 10.7. The number of halogens is 2. The second-order valence-corrected chi connectivity index (χ2v) is 13.9. The first kappa shape index (κ1) is 27.1. The molecule has 8 heteroatoms. The molecule has 2 saturated carbocycles. The maximum absolute atomic E-state index is 13.5. The third-order valence-corrected chi connectivity index (χ3v) is 10.6. The van der Waals surface area contributed by atoms with E-state index in [4.69, 9.17) is 14.0 Å². The molecular formula is C29H33Br2O5P. The van der Waals surface area contributed by atoms with Gasteiger partial charge in [-0.2, -0.15) is 0 Å². The Bertz CT molecular complexity index is 1130. The minimum Gasteiger partial charge on any atom is -0.469 e. The van der Waals surface area contributed by atoms with Crippen LogP contribution in [0.3, 0.4) is 0 Å². The predicted octanol–water partition coefficient (Wildman–Crippen LogP) is 8.05. The van der Waals surface area contributed by atoms with Gasteiger partial charge in [-0.25, -0.2) is 0 Å². The summed E-state index contributed by atoms with van der Waals surface area (Å²) in [5, 5.41) is 1.07. The van der Waals surface area contributed by atoms with Crippen LogP contribution in [0.5, 0.6) is 5.75 Å². The van der Waals surface area contributed by atoms with E-state index in [1.54, 1.807) is 0 Å². The molecule has 2 unspecified atom stereocenters. The smallest absolute Gasteiger partial charge is 0.310 e. The van der Waals surface area contributed by atoms with Crippen molar-refractivity contribution in [2.24, 2.45) is 5.92 Å². The lowest BCUT2D eigenvalue weighted by Gasteiger charge is -2.31.